The third kappa shape index (κ3) is 3.23. The minimum Gasteiger partial charge on any atom is -0.292 e. The SMILES string of the molecule is CC(C)n1nccc1NC(=O)NC(=O)CCl. The number of alkyl halides is 1. The number of hydrogen-bond donors (Lipinski definition) is 2. The zero-order chi connectivity index (χ0) is 12.1. The molecule has 0 saturated carbocycles. The Morgan fingerprint density at radius 2 is 2.25 bits per heavy atom. The maximum absolute atomic E-state index is 11.3. The molecule has 0 aliphatic rings. The molecule has 16 heavy (non-hydrogen) atoms. The fourth-order valence-corrected chi connectivity index (χ4v) is 1.20. The number of aromatic nitrogens is 2. The molecule has 0 saturated heterocycles. The summed E-state index contributed by atoms with van der Waals surface area (Å²) in [6.07, 6.45) is 1.57. The zero-order valence-corrected chi connectivity index (χ0v) is 9.78. The number of halogens is 1. The van der Waals surface area contributed by atoms with Gasteiger partial charge in [-0.15, -0.1) is 11.6 Å². The normalized spacial score (nSPS) is 10.2. The molecule has 88 valence electrons. The topological polar surface area (TPSA) is 76.0 Å². The Balaban J connectivity index is 2.63. The van der Waals surface area contributed by atoms with Crippen molar-refractivity contribution in [1.29, 1.82) is 0 Å². The van der Waals surface area contributed by atoms with Crippen LogP contribution in [0.25, 0.3) is 0 Å². The lowest BCUT2D eigenvalue weighted by Gasteiger charge is -2.11. The lowest BCUT2D eigenvalue weighted by atomic mass is 10.4. The van der Waals surface area contributed by atoms with Crippen LogP contribution in [-0.2, 0) is 4.79 Å². The van der Waals surface area contributed by atoms with E-state index in [1.165, 1.54) is 0 Å². The van der Waals surface area contributed by atoms with Crippen molar-refractivity contribution in [3.8, 4) is 0 Å². The highest BCUT2D eigenvalue weighted by Crippen LogP contribution is 2.12. The number of rotatable bonds is 3. The molecule has 1 rings (SSSR count). The molecule has 0 radical (unpaired) electrons. The number of anilines is 1. The highest BCUT2D eigenvalue weighted by atomic mass is 35.5. The predicted octanol–water partition coefficient (Wildman–Crippen LogP) is 1.35. The van der Waals surface area contributed by atoms with Gasteiger partial charge >= 0.3 is 6.03 Å². The average Bonchev–Trinajstić information content (AvgIpc) is 2.65. The van der Waals surface area contributed by atoms with Gasteiger partial charge in [-0.3, -0.25) is 15.4 Å². The second-order valence-electron chi connectivity index (χ2n) is 3.39. The first kappa shape index (κ1) is 12.5. The summed E-state index contributed by atoms with van der Waals surface area (Å²) in [5, 5.41) is 8.61. The first-order valence-corrected chi connectivity index (χ1v) is 5.28. The summed E-state index contributed by atoms with van der Waals surface area (Å²) >= 11 is 5.25. The van der Waals surface area contributed by atoms with E-state index in [1.54, 1.807) is 16.9 Å². The number of nitrogens with one attached hydrogen (secondary N) is 2. The summed E-state index contributed by atoms with van der Waals surface area (Å²) in [5.74, 6) is -0.277. The summed E-state index contributed by atoms with van der Waals surface area (Å²) < 4.78 is 1.63. The number of carbonyl (C=O) groups excluding carboxylic acids is 2. The number of amides is 3. The molecule has 0 fully saturated rings. The average molecular weight is 245 g/mol. The molecule has 1 aromatic rings. The fraction of sp³-hybridized carbons (Fsp3) is 0.444. The monoisotopic (exact) mass is 244 g/mol. The molecule has 7 heteroatoms. The van der Waals surface area contributed by atoms with Gasteiger partial charge in [0, 0.05) is 12.1 Å². The Bertz CT molecular complexity index is 389. The number of carbonyl (C=O) groups is 2. The second-order valence-corrected chi connectivity index (χ2v) is 3.66. The summed E-state index contributed by atoms with van der Waals surface area (Å²) in [5.41, 5.74) is 0. The standard InChI is InChI=1S/C9H13ClN4O2/c1-6(2)14-7(3-4-11-14)12-9(16)13-8(15)5-10/h3-4,6H,5H2,1-2H3,(H2,12,13,15,16). The van der Waals surface area contributed by atoms with Gasteiger partial charge in [0.15, 0.2) is 0 Å². The Morgan fingerprint density at radius 3 is 2.81 bits per heavy atom. The molecule has 0 aliphatic heterocycles. The van der Waals surface area contributed by atoms with Crippen LogP contribution in [0.5, 0.6) is 0 Å². The Hall–Kier alpha value is -1.56. The molecule has 6 nitrogen and oxygen atoms in total. The first-order chi connectivity index (χ1) is 7.54. The second kappa shape index (κ2) is 5.50. The van der Waals surface area contributed by atoms with Crippen LogP contribution < -0.4 is 10.6 Å². The zero-order valence-electron chi connectivity index (χ0n) is 9.03. The molecular formula is C9H13ClN4O2. The Labute approximate surface area is 98.0 Å². The van der Waals surface area contributed by atoms with Gasteiger partial charge in [-0.2, -0.15) is 5.10 Å². The minimum atomic E-state index is -0.618. The van der Waals surface area contributed by atoms with Gasteiger partial charge in [0.1, 0.15) is 11.7 Å². The molecule has 2 N–H and O–H groups in total. The molecule has 0 unspecified atom stereocenters. The molecule has 0 aliphatic carbocycles. The Kier molecular flexibility index (Phi) is 4.30. The lowest BCUT2D eigenvalue weighted by molar-refractivity contribution is -0.117. The lowest BCUT2D eigenvalue weighted by Crippen LogP contribution is -2.35. The van der Waals surface area contributed by atoms with Crippen LogP contribution in [0.4, 0.5) is 10.6 Å². The summed E-state index contributed by atoms with van der Waals surface area (Å²) in [4.78, 5) is 22.2. The maximum atomic E-state index is 11.3. The molecule has 0 bridgehead atoms. The van der Waals surface area contributed by atoms with E-state index < -0.39 is 11.9 Å². The van der Waals surface area contributed by atoms with Gasteiger partial charge in [0.2, 0.25) is 5.91 Å². The maximum Gasteiger partial charge on any atom is 0.327 e. The van der Waals surface area contributed by atoms with Gasteiger partial charge in [-0.05, 0) is 13.8 Å². The van der Waals surface area contributed by atoms with Crippen molar-refractivity contribution in [3.05, 3.63) is 12.3 Å². The van der Waals surface area contributed by atoms with E-state index in [4.69, 9.17) is 11.6 Å². The van der Waals surface area contributed by atoms with E-state index >= 15 is 0 Å². The van der Waals surface area contributed by atoms with E-state index in [0.29, 0.717) is 5.82 Å². The van der Waals surface area contributed by atoms with E-state index in [2.05, 4.69) is 15.7 Å². The van der Waals surface area contributed by atoms with Crippen molar-refractivity contribution in [2.75, 3.05) is 11.2 Å². The van der Waals surface area contributed by atoms with Crippen LogP contribution in [0, 0.1) is 0 Å². The van der Waals surface area contributed by atoms with Crippen LogP contribution in [0.1, 0.15) is 19.9 Å². The van der Waals surface area contributed by atoms with E-state index in [-0.39, 0.29) is 11.9 Å². The van der Waals surface area contributed by atoms with Crippen LogP contribution in [0.2, 0.25) is 0 Å². The Morgan fingerprint density at radius 1 is 1.56 bits per heavy atom. The van der Waals surface area contributed by atoms with Gasteiger partial charge in [0.05, 0.1) is 6.20 Å². The molecule has 1 aromatic heterocycles. The highest BCUT2D eigenvalue weighted by molar-refractivity contribution is 6.28. The van der Waals surface area contributed by atoms with Crippen LogP contribution in [0.3, 0.4) is 0 Å². The molecule has 3 amide bonds. The highest BCUT2D eigenvalue weighted by Gasteiger charge is 2.10. The van der Waals surface area contributed by atoms with Crippen LogP contribution in [-0.4, -0.2) is 27.6 Å². The van der Waals surface area contributed by atoms with E-state index in [9.17, 15) is 9.59 Å². The summed E-state index contributed by atoms with van der Waals surface area (Å²) in [6.45, 7) is 3.86. The van der Waals surface area contributed by atoms with Gasteiger partial charge < -0.3 is 0 Å². The smallest absolute Gasteiger partial charge is 0.292 e. The van der Waals surface area contributed by atoms with Crippen molar-refractivity contribution in [2.45, 2.75) is 19.9 Å². The molecule has 0 spiro atoms. The van der Waals surface area contributed by atoms with Gasteiger partial charge in [-0.25, -0.2) is 9.48 Å². The third-order valence-electron chi connectivity index (χ3n) is 1.78. The fourth-order valence-electron chi connectivity index (χ4n) is 1.13. The van der Waals surface area contributed by atoms with E-state index in [0.717, 1.165) is 0 Å². The number of hydrogen-bond acceptors (Lipinski definition) is 3. The van der Waals surface area contributed by atoms with Gasteiger partial charge in [-0.1, -0.05) is 0 Å². The first-order valence-electron chi connectivity index (χ1n) is 4.75. The third-order valence-corrected chi connectivity index (χ3v) is 2.02. The number of urea groups is 1. The van der Waals surface area contributed by atoms with Crippen molar-refractivity contribution >= 4 is 29.4 Å². The quantitative estimate of drug-likeness (QED) is 0.788. The molecule has 1 heterocycles. The van der Waals surface area contributed by atoms with E-state index in [1.807, 2.05) is 13.8 Å². The van der Waals surface area contributed by atoms with Crippen LogP contribution >= 0.6 is 11.6 Å². The van der Waals surface area contributed by atoms with Crippen molar-refractivity contribution in [3.63, 3.8) is 0 Å². The minimum absolute atomic E-state index is 0.119. The number of imide groups is 1. The largest absolute Gasteiger partial charge is 0.327 e. The van der Waals surface area contributed by atoms with Crippen molar-refractivity contribution < 1.29 is 9.59 Å². The number of nitrogens with zero attached hydrogens (tertiary/aromatic N) is 2. The summed E-state index contributed by atoms with van der Waals surface area (Å²) in [6, 6.07) is 1.15. The van der Waals surface area contributed by atoms with Gasteiger partial charge in [0.25, 0.3) is 0 Å². The van der Waals surface area contributed by atoms with Crippen molar-refractivity contribution in [2.24, 2.45) is 0 Å². The summed E-state index contributed by atoms with van der Waals surface area (Å²) in [7, 11) is 0. The molecular weight excluding hydrogens is 232 g/mol. The molecule has 0 atom stereocenters. The van der Waals surface area contributed by atoms with Crippen LogP contribution in [0.15, 0.2) is 12.3 Å². The molecule has 0 aromatic carbocycles. The predicted molar refractivity (Wildman–Crippen MR) is 60.5 cm³/mol. The van der Waals surface area contributed by atoms with Crippen molar-refractivity contribution in [1.82, 2.24) is 15.1 Å².